The van der Waals surface area contributed by atoms with E-state index in [0.717, 1.165) is 42.4 Å². The van der Waals surface area contributed by atoms with Crippen LogP contribution in [0.25, 0.3) is 0 Å². The second kappa shape index (κ2) is 12.3. The number of nitrogens with one attached hydrogen (secondary N) is 2. The topological polar surface area (TPSA) is 76.7 Å². The van der Waals surface area contributed by atoms with Gasteiger partial charge in [-0.05, 0) is 91.9 Å². The van der Waals surface area contributed by atoms with Gasteiger partial charge >= 0.3 is 7.12 Å². The van der Waals surface area contributed by atoms with E-state index in [1.54, 1.807) is 0 Å². The predicted octanol–water partition coefficient (Wildman–Crippen LogP) is 6.14. The summed E-state index contributed by atoms with van der Waals surface area (Å²) in [7, 11) is -0.575. The Bertz CT molecular complexity index is 1580. The van der Waals surface area contributed by atoms with Gasteiger partial charge in [-0.3, -0.25) is 9.59 Å². The fraction of sp³-hybridized carbons (Fsp3) is 0.487. The predicted molar refractivity (Wildman–Crippen MR) is 181 cm³/mol. The number of carbonyl (C=O) groups excluding carboxylic acids is 2. The average Bonchev–Trinajstić information content (AvgIpc) is 3.42. The maximum Gasteiger partial charge on any atom is 0.482 e. The van der Waals surface area contributed by atoms with Crippen molar-refractivity contribution in [3.05, 3.63) is 107 Å². The molecule has 7 heteroatoms. The van der Waals surface area contributed by atoms with Gasteiger partial charge in [0.15, 0.2) is 0 Å². The maximum absolute atomic E-state index is 14.4. The van der Waals surface area contributed by atoms with Crippen LogP contribution in [0.1, 0.15) is 80.2 Å². The van der Waals surface area contributed by atoms with E-state index in [9.17, 15) is 9.59 Å². The van der Waals surface area contributed by atoms with Crippen molar-refractivity contribution in [2.24, 2.45) is 17.3 Å². The van der Waals surface area contributed by atoms with Gasteiger partial charge in [0.1, 0.15) is 6.04 Å². The van der Waals surface area contributed by atoms with Gasteiger partial charge in [-0.2, -0.15) is 0 Å². The lowest BCUT2D eigenvalue weighted by Crippen LogP contribution is -2.65. The van der Waals surface area contributed by atoms with Gasteiger partial charge in [-0.25, -0.2) is 0 Å². The Kier molecular flexibility index (Phi) is 8.35. The van der Waals surface area contributed by atoms with Crippen LogP contribution in [-0.4, -0.2) is 42.6 Å². The number of fused-ring (bicyclic) bond motifs is 1. The molecule has 2 bridgehead atoms. The molecule has 4 fully saturated rings. The highest BCUT2D eigenvalue weighted by atomic mass is 16.7. The summed E-state index contributed by atoms with van der Waals surface area (Å²) in [6.07, 6.45) is 5.84. The lowest BCUT2D eigenvalue weighted by atomic mass is 9.43. The quantitative estimate of drug-likeness (QED) is 0.283. The van der Waals surface area contributed by atoms with Crippen LogP contribution in [0.5, 0.6) is 0 Å². The Morgan fingerprint density at radius 2 is 1.61 bits per heavy atom. The highest BCUT2D eigenvalue weighted by Crippen LogP contribution is 2.65. The lowest BCUT2D eigenvalue weighted by molar-refractivity contribution is -0.199. The molecule has 3 saturated carbocycles. The summed E-state index contributed by atoms with van der Waals surface area (Å²) in [6, 6.07) is 25.8. The van der Waals surface area contributed by atoms with Gasteiger partial charge in [-0.1, -0.05) is 98.3 Å². The summed E-state index contributed by atoms with van der Waals surface area (Å²) in [4.78, 5) is 28.3. The molecular formula is C39H47BN2O4. The minimum atomic E-state index is -0.740. The van der Waals surface area contributed by atoms with Crippen LogP contribution in [0, 0.1) is 24.2 Å². The van der Waals surface area contributed by atoms with Gasteiger partial charge in [0.05, 0.1) is 23.6 Å². The molecule has 6 nitrogen and oxygen atoms in total. The summed E-state index contributed by atoms with van der Waals surface area (Å²) in [5.74, 6) is 0.0798. The van der Waals surface area contributed by atoms with E-state index in [2.05, 4.69) is 74.7 Å². The Morgan fingerprint density at radius 1 is 0.891 bits per heavy atom. The van der Waals surface area contributed by atoms with E-state index in [-0.39, 0.29) is 34.9 Å². The molecule has 46 heavy (non-hydrogen) atoms. The minimum Gasteiger partial charge on any atom is -0.404 e. The van der Waals surface area contributed by atoms with Crippen molar-refractivity contribution < 1.29 is 18.9 Å². The van der Waals surface area contributed by atoms with Crippen molar-refractivity contribution in [3.8, 4) is 0 Å². The zero-order chi connectivity index (χ0) is 32.1. The average molecular weight is 619 g/mol. The summed E-state index contributed by atoms with van der Waals surface area (Å²) < 4.78 is 13.6. The van der Waals surface area contributed by atoms with E-state index >= 15 is 0 Å². The monoisotopic (exact) mass is 618 g/mol. The van der Waals surface area contributed by atoms with E-state index in [0.29, 0.717) is 24.7 Å². The Balaban J connectivity index is 1.14. The van der Waals surface area contributed by atoms with Gasteiger partial charge in [0.25, 0.3) is 0 Å². The molecule has 1 heterocycles. The number of carbonyl (C=O) groups is 2. The number of amides is 2. The summed E-state index contributed by atoms with van der Waals surface area (Å²) in [5, 5.41) is 6.53. The van der Waals surface area contributed by atoms with Crippen LogP contribution in [0.2, 0.25) is 0 Å². The molecule has 4 aliphatic carbocycles. The summed E-state index contributed by atoms with van der Waals surface area (Å²) >= 11 is 0. The fourth-order valence-corrected chi connectivity index (χ4v) is 8.91. The van der Waals surface area contributed by atoms with Gasteiger partial charge in [0, 0.05) is 6.42 Å². The second-order valence-corrected chi connectivity index (χ2v) is 15.0. The first-order chi connectivity index (χ1) is 22.1. The van der Waals surface area contributed by atoms with Crippen LogP contribution in [0.4, 0.5) is 0 Å². The molecule has 3 aromatic rings. The first-order valence-electron chi connectivity index (χ1n) is 17.2. The lowest BCUT2D eigenvalue weighted by Gasteiger charge is -2.64. The third-order valence-electron chi connectivity index (χ3n) is 11.8. The Morgan fingerprint density at radius 3 is 2.37 bits per heavy atom. The van der Waals surface area contributed by atoms with E-state index in [4.69, 9.17) is 9.31 Å². The molecule has 8 rings (SSSR count). The summed E-state index contributed by atoms with van der Waals surface area (Å²) in [5.41, 5.74) is 5.43. The first-order valence-corrected chi connectivity index (χ1v) is 17.2. The minimum absolute atomic E-state index is 0.0119. The van der Waals surface area contributed by atoms with Crippen LogP contribution in [0.15, 0.2) is 78.9 Å². The van der Waals surface area contributed by atoms with Crippen LogP contribution < -0.4 is 10.6 Å². The van der Waals surface area contributed by atoms with Crippen molar-refractivity contribution in [2.75, 3.05) is 0 Å². The highest BCUT2D eigenvalue weighted by Gasteiger charge is 2.68. The van der Waals surface area contributed by atoms with Crippen molar-refractivity contribution in [1.82, 2.24) is 10.6 Å². The molecule has 0 spiro atoms. The molecule has 2 amide bonds. The SMILES string of the molecule is Cc1ccc(C[C@H](NC(=O)[C@H](Cc2ccccc2)NC(=O)[C@H]2CCCc3ccccc32)B2O[C@@H]3C[C@@H]4C[C@@H](C4(C)C)[C@]3(C)O2)cc1. The molecular weight excluding hydrogens is 571 g/mol. The Labute approximate surface area is 274 Å². The third-order valence-corrected chi connectivity index (χ3v) is 11.8. The van der Waals surface area contributed by atoms with Crippen LogP contribution in [-0.2, 0) is 38.2 Å². The fourth-order valence-electron chi connectivity index (χ4n) is 8.91. The molecule has 240 valence electrons. The molecule has 1 saturated heterocycles. The van der Waals surface area contributed by atoms with Crippen LogP contribution >= 0.6 is 0 Å². The standard InChI is InChI=1S/C39H47BN2O4/c1-25-17-19-27(20-18-25)22-35(40-45-34-24-29-23-33(38(29,2)3)39(34,4)46-40)42-37(44)32(21-26-11-6-5-7-12-26)41-36(43)31-16-10-14-28-13-8-9-15-30(28)31/h5-9,11-13,15,17-20,29,31-35H,10,14,16,21-24H2,1-4H3,(H,41,43)(H,42,44)/t29-,31-,32-,33-,34+,35-,39-/m0/s1. The molecule has 1 aliphatic heterocycles. The molecule has 0 aromatic heterocycles. The zero-order valence-electron chi connectivity index (χ0n) is 27.6. The smallest absolute Gasteiger partial charge is 0.404 e. The molecule has 0 unspecified atom stereocenters. The first kappa shape index (κ1) is 31.2. The molecule has 3 aromatic carbocycles. The normalized spacial score (nSPS) is 28.7. The number of aryl methyl sites for hydroxylation is 2. The number of rotatable bonds is 9. The van der Waals surface area contributed by atoms with Gasteiger partial charge < -0.3 is 19.9 Å². The van der Waals surface area contributed by atoms with Crippen molar-refractivity contribution in [3.63, 3.8) is 0 Å². The Hall–Kier alpha value is -3.42. The third kappa shape index (κ3) is 5.81. The second-order valence-electron chi connectivity index (χ2n) is 15.0. The molecule has 0 radical (unpaired) electrons. The van der Waals surface area contributed by atoms with E-state index in [1.165, 1.54) is 17.5 Å². The number of hydrogen-bond acceptors (Lipinski definition) is 4. The van der Waals surface area contributed by atoms with Gasteiger partial charge in [-0.15, -0.1) is 0 Å². The van der Waals surface area contributed by atoms with Crippen molar-refractivity contribution in [2.45, 2.75) is 102 Å². The summed E-state index contributed by atoms with van der Waals surface area (Å²) in [6.45, 7) is 9.01. The van der Waals surface area contributed by atoms with E-state index < -0.39 is 19.1 Å². The van der Waals surface area contributed by atoms with E-state index in [1.807, 2.05) is 42.5 Å². The molecule has 5 aliphatic rings. The number of hydrogen-bond donors (Lipinski definition) is 2. The number of benzene rings is 3. The molecule has 2 N–H and O–H groups in total. The van der Waals surface area contributed by atoms with Crippen molar-refractivity contribution >= 4 is 18.9 Å². The van der Waals surface area contributed by atoms with Gasteiger partial charge in [0.2, 0.25) is 11.8 Å². The molecule has 7 atom stereocenters. The van der Waals surface area contributed by atoms with Crippen molar-refractivity contribution in [1.29, 1.82) is 0 Å². The maximum atomic E-state index is 14.4. The zero-order valence-corrected chi connectivity index (χ0v) is 27.6. The largest absolute Gasteiger partial charge is 0.482 e. The van der Waals surface area contributed by atoms with Crippen LogP contribution in [0.3, 0.4) is 0 Å². The highest BCUT2D eigenvalue weighted by molar-refractivity contribution is 6.48.